The molecule has 0 spiro atoms. The lowest BCUT2D eigenvalue weighted by atomic mass is 9.71. The van der Waals surface area contributed by atoms with E-state index in [4.69, 9.17) is 0 Å². The maximum absolute atomic E-state index is 12.5. The van der Waals surface area contributed by atoms with Gasteiger partial charge in [0, 0.05) is 35.8 Å². The van der Waals surface area contributed by atoms with Crippen molar-refractivity contribution in [1.29, 1.82) is 0 Å². The number of hydrogen-bond donors (Lipinski definition) is 0. The Hall–Kier alpha value is -0.670. The SMILES string of the molecule is CC1(C)CCCC(CN2CCc3sccc3C2)C1=O. The number of nitrogens with zero attached hydrogens (tertiary/aromatic N) is 1. The molecule has 0 saturated heterocycles. The zero-order chi connectivity index (χ0) is 13.5. The average Bonchev–Trinajstić information content (AvgIpc) is 2.82. The van der Waals surface area contributed by atoms with Gasteiger partial charge in [-0.1, -0.05) is 20.3 Å². The van der Waals surface area contributed by atoms with Crippen LogP contribution in [0.15, 0.2) is 11.4 Å². The summed E-state index contributed by atoms with van der Waals surface area (Å²) < 4.78 is 0. The van der Waals surface area contributed by atoms with Crippen LogP contribution in [0.3, 0.4) is 0 Å². The number of fused-ring (bicyclic) bond motifs is 1. The van der Waals surface area contributed by atoms with Crippen LogP contribution in [-0.4, -0.2) is 23.8 Å². The zero-order valence-corrected chi connectivity index (χ0v) is 12.8. The molecule has 3 heteroatoms. The van der Waals surface area contributed by atoms with Crippen molar-refractivity contribution in [2.45, 2.75) is 46.1 Å². The first-order valence-electron chi connectivity index (χ1n) is 7.38. The minimum atomic E-state index is -0.0910. The van der Waals surface area contributed by atoms with E-state index in [-0.39, 0.29) is 11.3 Å². The topological polar surface area (TPSA) is 20.3 Å². The Bertz CT molecular complexity index is 477. The number of rotatable bonds is 2. The first-order valence-corrected chi connectivity index (χ1v) is 8.26. The van der Waals surface area contributed by atoms with Gasteiger partial charge in [0.15, 0.2) is 0 Å². The number of thiophene rings is 1. The Labute approximate surface area is 119 Å². The predicted molar refractivity (Wildman–Crippen MR) is 79.4 cm³/mol. The molecule has 0 radical (unpaired) electrons. The van der Waals surface area contributed by atoms with E-state index in [1.165, 1.54) is 12.0 Å². The van der Waals surface area contributed by atoms with Crippen molar-refractivity contribution in [3.05, 3.63) is 21.9 Å². The van der Waals surface area contributed by atoms with Crippen LogP contribution in [-0.2, 0) is 17.8 Å². The molecule has 2 aliphatic rings. The van der Waals surface area contributed by atoms with Gasteiger partial charge in [-0.05, 0) is 36.3 Å². The van der Waals surface area contributed by atoms with E-state index in [1.807, 2.05) is 11.3 Å². The lowest BCUT2D eigenvalue weighted by Gasteiger charge is -2.37. The number of hydrogen-bond acceptors (Lipinski definition) is 3. The highest BCUT2D eigenvalue weighted by Gasteiger charge is 2.38. The smallest absolute Gasteiger partial charge is 0.142 e. The van der Waals surface area contributed by atoms with E-state index in [0.717, 1.165) is 38.9 Å². The Morgan fingerprint density at radius 1 is 1.47 bits per heavy atom. The highest BCUT2D eigenvalue weighted by atomic mass is 32.1. The third-order valence-electron chi connectivity index (χ3n) is 4.76. The molecule has 1 aliphatic heterocycles. The number of carbonyl (C=O) groups excluding carboxylic acids is 1. The molecule has 0 aromatic carbocycles. The van der Waals surface area contributed by atoms with Crippen LogP contribution in [0.4, 0.5) is 0 Å². The highest BCUT2D eigenvalue weighted by molar-refractivity contribution is 7.10. The summed E-state index contributed by atoms with van der Waals surface area (Å²) in [5, 5.41) is 2.20. The minimum Gasteiger partial charge on any atom is -0.299 e. The van der Waals surface area contributed by atoms with Gasteiger partial charge >= 0.3 is 0 Å². The second-order valence-corrected chi connectivity index (χ2v) is 7.69. The third-order valence-corrected chi connectivity index (χ3v) is 5.78. The number of Topliss-reactive ketones (excluding diaryl/α,β-unsaturated/α-hetero) is 1. The molecule has 1 unspecified atom stereocenters. The van der Waals surface area contributed by atoms with E-state index in [0.29, 0.717) is 5.78 Å². The summed E-state index contributed by atoms with van der Waals surface area (Å²) in [5.41, 5.74) is 1.39. The molecule has 2 nitrogen and oxygen atoms in total. The molecular weight excluding hydrogens is 254 g/mol. The minimum absolute atomic E-state index is 0.0910. The molecule has 19 heavy (non-hydrogen) atoms. The van der Waals surface area contributed by atoms with E-state index in [2.05, 4.69) is 30.2 Å². The highest BCUT2D eigenvalue weighted by Crippen LogP contribution is 2.36. The fraction of sp³-hybridized carbons (Fsp3) is 0.688. The number of ketones is 1. The van der Waals surface area contributed by atoms with Gasteiger partial charge < -0.3 is 0 Å². The van der Waals surface area contributed by atoms with Crippen LogP contribution in [0, 0.1) is 11.3 Å². The molecule has 0 N–H and O–H groups in total. The fourth-order valence-electron chi connectivity index (χ4n) is 3.55. The van der Waals surface area contributed by atoms with Crippen LogP contribution in [0.25, 0.3) is 0 Å². The molecule has 1 saturated carbocycles. The summed E-state index contributed by atoms with van der Waals surface area (Å²) in [6.45, 7) is 7.38. The monoisotopic (exact) mass is 277 g/mol. The van der Waals surface area contributed by atoms with Crippen LogP contribution in [0.2, 0.25) is 0 Å². The summed E-state index contributed by atoms with van der Waals surface area (Å²) in [6, 6.07) is 2.25. The van der Waals surface area contributed by atoms with E-state index < -0.39 is 0 Å². The molecule has 3 rings (SSSR count). The van der Waals surface area contributed by atoms with Gasteiger partial charge in [-0.25, -0.2) is 0 Å². The van der Waals surface area contributed by atoms with Crippen molar-refractivity contribution in [3.63, 3.8) is 0 Å². The molecule has 104 valence electrons. The third kappa shape index (κ3) is 2.63. The maximum Gasteiger partial charge on any atom is 0.142 e. The summed E-state index contributed by atoms with van der Waals surface area (Å²) in [5.74, 6) is 0.763. The van der Waals surface area contributed by atoms with Crippen molar-refractivity contribution in [1.82, 2.24) is 4.90 Å². The van der Waals surface area contributed by atoms with Gasteiger partial charge in [-0.3, -0.25) is 9.69 Å². The number of carbonyl (C=O) groups is 1. The van der Waals surface area contributed by atoms with E-state index in [1.54, 1.807) is 4.88 Å². The molecule has 0 bridgehead atoms. The molecular formula is C16H23NOS. The summed E-state index contributed by atoms with van der Waals surface area (Å²) in [6.07, 6.45) is 4.53. The standard InChI is InChI=1S/C16H23NOS/c1-16(2)7-3-4-13(15(16)18)11-17-8-5-14-12(10-17)6-9-19-14/h6,9,13H,3-5,7-8,10-11H2,1-2H3. The fourth-order valence-corrected chi connectivity index (χ4v) is 4.44. The van der Waals surface area contributed by atoms with Crippen LogP contribution in [0.5, 0.6) is 0 Å². The summed E-state index contributed by atoms with van der Waals surface area (Å²) in [7, 11) is 0. The van der Waals surface area contributed by atoms with Gasteiger partial charge in [-0.15, -0.1) is 11.3 Å². The van der Waals surface area contributed by atoms with E-state index >= 15 is 0 Å². The van der Waals surface area contributed by atoms with Crippen LogP contribution >= 0.6 is 11.3 Å². The van der Waals surface area contributed by atoms with Crippen molar-refractivity contribution < 1.29 is 4.79 Å². The molecule has 1 aromatic heterocycles. The Kier molecular flexibility index (Phi) is 3.52. The summed E-state index contributed by atoms with van der Waals surface area (Å²) in [4.78, 5) is 16.5. The van der Waals surface area contributed by atoms with Gasteiger partial charge in [0.1, 0.15) is 5.78 Å². The summed E-state index contributed by atoms with van der Waals surface area (Å²) >= 11 is 1.88. The zero-order valence-electron chi connectivity index (χ0n) is 11.9. The second kappa shape index (κ2) is 5.02. The lowest BCUT2D eigenvalue weighted by Crippen LogP contribution is -2.43. The average molecular weight is 277 g/mol. The second-order valence-electron chi connectivity index (χ2n) is 6.69. The van der Waals surface area contributed by atoms with Gasteiger partial charge in [0.2, 0.25) is 0 Å². The van der Waals surface area contributed by atoms with E-state index in [9.17, 15) is 4.79 Å². The van der Waals surface area contributed by atoms with Crippen molar-refractivity contribution >= 4 is 17.1 Å². The molecule has 2 heterocycles. The first kappa shape index (κ1) is 13.3. The maximum atomic E-state index is 12.5. The molecule has 1 fully saturated rings. The quantitative estimate of drug-likeness (QED) is 0.824. The van der Waals surface area contributed by atoms with Crippen LogP contribution in [0.1, 0.15) is 43.6 Å². The van der Waals surface area contributed by atoms with Crippen molar-refractivity contribution in [3.8, 4) is 0 Å². The molecule has 1 aromatic rings. The van der Waals surface area contributed by atoms with Gasteiger partial charge in [0.25, 0.3) is 0 Å². The van der Waals surface area contributed by atoms with Crippen molar-refractivity contribution in [2.24, 2.45) is 11.3 Å². The molecule has 1 aliphatic carbocycles. The Balaban J connectivity index is 1.65. The lowest BCUT2D eigenvalue weighted by molar-refractivity contribution is -0.135. The first-order chi connectivity index (χ1) is 9.06. The Morgan fingerprint density at radius 3 is 3.16 bits per heavy atom. The van der Waals surface area contributed by atoms with Crippen LogP contribution < -0.4 is 0 Å². The largest absolute Gasteiger partial charge is 0.299 e. The predicted octanol–water partition coefficient (Wildman–Crippen LogP) is 3.50. The van der Waals surface area contributed by atoms with Gasteiger partial charge in [0.05, 0.1) is 0 Å². The van der Waals surface area contributed by atoms with Gasteiger partial charge in [-0.2, -0.15) is 0 Å². The molecule has 1 atom stereocenters. The van der Waals surface area contributed by atoms with Crippen molar-refractivity contribution in [2.75, 3.05) is 13.1 Å². The normalized spacial score (nSPS) is 27.3. The Morgan fingerprint density at radius 2 is 2.32 bits per heavy atom. The molecule has 0 amide bonds.